The quantitative estimate of drug-likeness (QED) is 0.653. The number of carbonyl (C=O) groups excluding carboxylic acids is 2. The molecular weight excluding hydrogens is 408 g/mol. The summed E-state index contributed by atoms with van der Waals surface area (Å²) in [6, 6.07) is 9.40. The molecule has 3 heterocycles. The van der Waals surface area contributed by atoms with Crippen LogP contribution in [0.25, 0.3) is 0 Å². The Hall–Kier alpha value is -2.61. The average Bonchev–Trinajstić information content (AvgIpc) is 3.38. The molecule has 2 aliphatic heterocycles. The summed E-state index contributed by atoms with van der Waals surface area (Å²) in [5.74, 6) is -1.47. The number of aliphatic hydroxyl groups excluding tert-OH is 1. The van der Waals surface area contributed by atoms with E-state index in [1.54, 1.807) is 35.2 Å². The number of benzene rings is 1. The third-order valence-electron chi connectivity index (χ3n) is 5.61. The third kappa shape index (κ3) is 4.14. The highest BCUT2D eigenvalue weighted by molar-refractivity contribution is 6.30. The van der Waals surface area contributed by atoms with Crippen LogP contribution in [0.1, 0.15) is 28.6 Å². The van der Waals surface area contributed by atoms with Gasteiger partial charge in [-0.2, -0.15) is 0 Å². The van der Waals surface area contributed by atoms with Crippen molar-refractivity contribution in [3.8, 4) is 0 Å². The number of nitrogens with one attached hydrogen (secondary N) is 1. The van der Waals surface area contributed by atoms with Gasteiger partial charge in [0.1, 0.15) is 13.1 Å². The van der Waals surface area contributed by atoms with Gasteiger partial charge in [-0.15, -0.1) is 0 Å². The Balaban J connectivity index is 1.59. The van der Waals surface area contributed by atoms with Gasteiger partial charge in [-0.05, 0) is 29.8 Å². The summed E-state index contributed by atoms with van der Waals surface area (Å²) in [6.45, 7) is 4.70. The molecule has 0 radical (unpaired) electrons. The molecule has 0 saturated carbocycles. The number of halogens is 1. The summed E-state index contributed by atoms with van der Waals surface area (Å²) in [5.41, 5.74) is 0.751. The topological polar surface area (TPSA) is 84.4 Å². The van der Waals surface area contributed by atoms with Crippen LogP contribution in [-0.4, -0.2) is 61.1 Å². The fraction of sp³-hybridized carbons (Fsp3) is 0.364. The van der Waals surface area contributed by atoms with Gasteiger partial charge in [-0.1, -0.05) is 23.7 Å². The zero-order chi connectivity index (χ0) is 21.1. The maximum atomic E-state index is 13.0. The first-order valence-electron chi connectivity index (χ1n) is 10.1. The summed E-state index contributed by atoms with van der Waals surface area (Å²) in [5, 5.41) is 11.2. The molecule has 4 rings (SSSR count). The summed E-state index contributed by atoms with van der Waals surface area (Å²) >= 11 is 6.03. The molecule has 1 amide bonds. The Morgan fingerprint density at radius 2 is 1.93 bits per heavy atom. The van der Waals surface area contributed by atoms with E-state index in [2.05, 4.69) is 0 Å². The number of amides is 1. The Morgan fingerprint density at radius 1 is 1.20 bits per heavy atom. The van der Waals surface area contributed by atoms with E-state index in [0.717, 1.165) is 39.3 Å². The maximum absolute atomic E-state index is 13.0. The van der Waals surface area contributed by atoms with E-state index in [4.69, 9.17) is 20.8 Å². The molecule has 1 atom stereocenters. The highest BCUT2D eigenvalue weighted by Crippen LogP contribution is 2.39. The molecule has 2 aromatic rings. The van der Waals surface area contributed by atoms with Crippen molar-refractivity contribution in [1.82, 2.24) is 4.90 Å². The van der Waals surface area contributed by atoms with Gasteiger partial charge in [-0.25, -0.2) is 0 Å². The molecule has 7 nitrogen and oxygen atoms in total. The molecule has 1 unspecified atom stereocenters. The van der Waals surface area contributed by atoms with E-state index in [0.29, 0.717) is 17.1 Å². The molecule has 0 aliphatic carbocycles. The van der Waals surface area contributed by atoms with Crippen LogP contribution < -0.4 is 4.90 Å². The predicted molar refractivity (Wildman–Crippen MR) is 110 cm³/mol. The summed E-state index contributed by atoms with van der Waals surface area (Å²) in [6.07, 6.45) is 2.14. The summed E-state index contributed by atoms with van der Waals surface area (Å²) in [7, 11) is 0. The standard InChI is InChI=1S/C22H23ClN2O5/c23-16-6-4-15(5-7-16)19-18(20(26)17-3-1-12-30-17)21(27)22(28)25(19)9-2-8-24-10-13-29-14-11-24/h1,3-7,12,19,27H,2,8-11,13-14H2/p+1. The number of hydrogen-bond acceptors (Lipinski definition) is 5. The van der Waals surface area contributed by atoms with Crippen molar-refractivity contribution >= 4 is 23.3 Å². The second-order valence-corrected chi connectivity index (χ2v) is 7.92. The normalized spacial score (nSPS) is 20.2. The molecule has 1 aromatic carbocycles. The van der Waals surface area contributed by atoms with Crippen molar-refractivity contribution in [3.05, 3.63) is 70.3 Å². The zero-order valence-corrected chi connectivity index (χ0v) is 17.2. The number of morpholine rings is 1. The van der Waals surface area contributed by atoms with Gasteiger partial charge >= 0.3 is 0 Å². The maximum Gasteiger partial charge on any atom is 0.290 e. The van der Waals surface area contributed by atoms with E-state index in [1.165, 1.54) is 17.2 Å². The Bertz CT molecular complexity index is 933. The number of rotatable bonds is 7. The van der Waals surface area contributed by atoms with Crippen LogP contribution in [0, 0.1) is 0 Å². The SMILES string of the molecule is O=C(C1=C(O)C(=O)N(CCC[NH+]2CCOCC2)C1c1ccc(Cl)cc1)c1ccco1. The van der Waals surface area contributed by atoms with Crippen molar-refractivity contribution in [1.29, 1.82) is 0 Å². The smallest absolute Gasteiger partial charge is 0.290 e. The van der Waals surface area contributed by atoms with E-state index < -0.39 is 23.5 Å². The highest BCUT2D eigenvalue weighted by Gasteiger charge is 2.44. The van der Waals surface area contributed by atoms with Crippen molar-refractivity contribution in [3.63, 3.8) is 0 Å². The number of ether oxygens (including phenoxy) is 1. The minimum atomic E-state index is -0.688. The molecule has 158 valence electrons. The predicted octanol–water partition coefficient (Wildman–Crippen LogP) is 1.82. The molecule has 30 heavy (non-hydrogen) atoms. The lowest BCUT2D eigenvalue weighted by Gasteiger charge is -2.28. The van der Waals surface area contributed by atoms with Gasteiger partial charge in [-0.3, -0.25) is 9.59 Å². The first-order valence-corrected chi connectivity index (χ1v) is 10.4. The number of hydrogen-bond donors (Lipinski definition) is 2. The van der Waals surface area contributed by atoms with Gasteiger partial charge in [0.25, 0.3) is 5.91 Å². The zero-order valence-electron chi connectivity index (χ0n) is 16.5. The molecule has 2 aliphatic rings. The lowest BCUT2D eigenvalue weighted by atomic mass is 9.95. The average molecular weight is 432 g/mol. The second kappa shape index (κ2) is 9.04. The van der Waals surface area contributed by atoms with E-state index in [9.17, 15) is 14.7 Å². The van der Waals surface area contributed by atoms with Gasteiger partial charge < -0.3 is 24.1 Å². The minimum absolute atomic E-state index is 0.0380. The van der Waals surface area contributed by atoms with Crippen LogP contribution in [-0.2, 0) is 9.53 Å². The van der Waals surface area contributed by atoms with E-state index in [-0.39, 0.29) is 11.3 Å². The van der Waals surface area contributed by atoms with E-state index >= 15 is 0 Å². The lowest BCUT2D eigenvalue weighted by molar-refractivity contribution is -0.908. The molecule has 0 bridgehead atoms. The first kappa shape index (κ1) is 20.7. The van der Waals surface area contributed by atoms with Crippen LogP contribution >= 0.6 is 11.6 Å². The number of aliphatic hydroxyl groups is 1. The number of carbonyl (C=O) groups is 2. The molecule has 1 aromatic heterocycles. The molecular formula is C22H24ClN2O5+. The highest BCUT2D eigenvalue weighted by atomic mass is 35.5. The second-order valence-electron chi connectivity index (χ2n) is 7.49. The van der Waals surface area contributed by atoms with Gasteiger partial charge in [0.15, 0.2) is 11.5 Å². The molecule has 1 saturated heterocycles. The van der Waals surface area contributed by atoms with Crippen LogP contribution in [0.2, 0.25) is 5.02 Å². The summed E-state index contributed by atoms with van der Waals surface area (Å²) in [4.78, 5) is 28.9. The lowest BCUT2D eigenvalue weighted by Crippen LogP contribution is -3.14. The van der Waals surface area contributed by atoms with Crippen molar-refractivity contribution in [2.24, 2.45) is 0 Å². The molecule has 2 N–H and O–H groups in total. The fourth-order valence-corrected chi connectivity index (χ4v) is 4.18. The Labute approximate surface area is 179 Å². The van der Waals surface area contributed by atoms with Gasteiger partial charge in [0, 0.05) is 18.0 Å². The molecule has 8 heteroatoms. The van der Waals surface area contributed by atoms with Crippen LogP contribution in [0.3, 0.4) is 0 Å². The van der Waals surface area contributed by atoms with Crippen molar-refractivity contribution in [2.75, 3.05) is 39.4 Å². The molecule has 0 spiro atoms. The van der Waals surface area contributed by atoms with Gasteiger partial charge in [0.05, 0.1) is 37.6 Å². The van der Waals surface area contributed by atoms with Gasteiger partial charge in [0.2, 0.25) is 5.78 Å². The van der Waals surface area contributed by atoms with Crippen molar-refractivity contribution in [2.45, 2.75) is 12.5 Å². The van der Waals surface area contributed by atoms with Crippen LogP contribution in [0.15, 0.2) is 58.4 Å². The van der Waals surface area contributed by atoms with Crippen molar-refractivity contribution < 1.29 is 28.7 Å². The van der Waals surface area contributed by atoms with Crippen LogP contribution in [0.5, 0.6) is 0 Å². The van der Waals surface area contributed by atoms with E-state index in [1.807, 2.05) is 0 Å². The largest absolute Gasteiger partial charge is 0.503 e. The number of ketones is 1. The number of furan rings is 1. The van der Waals surface area contributed by atoms with Crippen LogP contribution in [0.4, 0.5) is 0 Å². The molecule has 1 fully saturated rings. The first-order chi connectivity index (χ1) is 14.6. The third-order valence-corrected chi connectivity index (χ3v) is 5.86. The Morgan fingerprint density at radius 3 is 2.60 bits per heavy atom. The summed E-state index contributed by atoms with van der Waals surface area (Å²) < 4.78 is 10.6. The number of quaternary nitrogens is 1. The fourth-order valence-electron chi connectivity index (χ4n) is 4.06. The number of Topliss-reactive ketones (excluding diaryl/α,β-unsaturated/α-hetero) is 1. The number of nitrogens with zero attached hydrogens (tertiary/aromatic N) is 1. The minimum Gasteiger partial charge on any atom is -0.503 e. The monoisotopic (exact) mass is 431 g/mol. The Kier molecular flexibility index (Phi) is 6.22.